The van der Waals surface area contributed by atoms with E-state index in [1.54, 1.807) is 7.11 Å². The third-order valence-electron chi connectivity index (χ3n) is 11.4. The summed E-state index contributed by atoms with van der Waals surface area (Å²) < 4.78 is 25.0. The van der Waals surface area contributed by atoms with Crippen LogP contribution in [0.4, 0.5) is 5.69 Å². The SMILES string of the molecule is COc1ccc2nc3cc(Cl)ccc3c(NCCNCc3ccc(CO[C@H]4O[C@@H]5O[C@@]6(C)CC[C@H]7[C@H](C)CC[C@@H]([C@H]4C)[C@@]57OO6)cc3)c2c1. The van der Waals surface area contributed by atoms with Crippen molar-refractivity contribution in [2.45, 2.75) is 83.6 Å². The largest absolute Gasteiger partial charge is 0.497 e. The maximum atomic E-state index is 6.59. The van der Waals surface area contributed by atoms with E-state index in [0.717, 1.165) is 77.7 Å². The predicted octanol–water partition coefficient (Wildman–Crippen LogP) is 7.98. The Balaban J connectivity index is 0.863. The van der Waals surface area contributed by atoms with Crippen LogP contribution in [0.1, 0.15) is 57.6 Å². The van der Waals surface area contributed by atoms with Crippen molar-refractivity contribution in [2.75, 3.05) is 25.5 Å². The highest BCUT2D eigenvalue weighted by atomic mass is 35.5. The third kappa shape index (κ3) is 6.07. The molecule has 5 fully saturated rings. The van der Waals surface area contributed by atoms with E-state index >= 15 is 0 Å². The van der Waals surface area contributed by atoms with Gasteiger partial charge in [-0.1, -0.05) is 49.7 Å². The number of hydrogen-bond acceptors (Lipinski definition) is 9. The van der Waals surface area contributed by atoms with Crippen LogP contribution in [-0.4, -0.2) is 49.2 Å². The quantitative estimate of drug-likeness (QED) is 0.0978. The molecule has 5 aliphatic rings. The van der Waals surface area contributed by atoms with Crippen molar-refractivity contribution in [3.05, 3.63) is 76.8 Å². The molecule has 4 aliphatic heterocycles. The summed E-state index contributed by atoms with van der Waals surface area (Å²) in [5.74, 6) is 1.30. The molecule has 9 nitrogen and oxygen atoms in total. The van der Waals surface area contributed by atoms with Gasteiger partial charge in [-0.25, -0.2) is 14.8 Å². The fraction of sp³-hybridized carbons (Fsp3) is 0.513. The van der Waals surface area contributed by atoms with Crippen LogP contribution in [0, 0.1) is 23.7 Å². The zero-order chi connectivity index (χ0) is 33.8. The van der Waals surface area contributed by atoms with E-state index in [2.05, 4.69) is 48.7 Å². The van der Waals surface area contributed by atoms with Crippen molar-refractivity contribution >= 4 is 39.1 Å². The van der Waals surface area contributed by atoms with Gasteiger partial charge in [0.05, 0.1) is 30.4 Å². The molecule has 2 bridgehead atoms. The number of hydrogen-bond donors (Lipinski definition) is 2. The van der Waals surface area contributed by atoms with Crippen LogP contribution in [-0.2, 0) is 37.1 Å². The van der Waals surface area contributed by atoms with Crippen LogP contribution in [0.2, 0.25) is 5.02 Å². The van der Waals surface area contributed by atoms with Gasteiger partial charge >= 0.3 is 0 Å². The highest BCUT2D eigenvalue weighted by molar-refractivity contribution is 6.31. The van der Waals surface area contributed by atoms with Gasteiger partial charge in [0.1, 0.15) is 5.75 Å². The van der Waals surface area contributed by atoms with E-state index in [1.165, 1.54) is 12.0 Å². The molecule has 1 spiro atoms. The Labute approximate surface area is 292 Å². The van der Waals surface area contributed by atoms with E-state index < -0.39 is 17.7 Å². The van der Waals surface area contributed by atoms with E-state index in [1.807, 2.05) is 43.3 Å². The highest BCUT2D eigenvalue weighted by Gasteiger charge is 2.69. The number of nitrogens with one attached hydrogen (secondary N) is 2. The molecule has 5 heterocycles. The lowest BCUT2D eigenvalue weighted by atomic mass is 9.58. The lowest BCUT2D eigenvalue weighted by molar-refractivity contribution is -0.577. The van der Waals surface area contributed by atoms with E-state index in [4.69, 9.17) is 45.3 Å². The van der Waals surface area contributed by atoms with Gasteiger partial charge < -0.3 is 29.6 Å². The molecule has 0 amide bonds. The fourth-order valence-electron chi connectivity index (χ4n) is 8.72. The molecular formula is C39H46ClN3O6. The Morgan fingerprint density at radius 1 is 0.898 bits per heavy atom. The van der Waals surface area contributed by atoms with Crippen LogP contribution in [0.15, 0.2) is 60.7 Å². The number of benzene rings is 3. The fourth-order valence-corrected chi connectivity index (χ4v) is 8.88. The molecule has 1 saturated carbocycles. The molecule has 2 N–H and O–H groups in total. The summed E-state index contributed by atoms with van der Waals surface area (Å²) in [7, 11) is 1.68. The number of aromatic nitrogens is 1. The topological polar surface area (TPSA) is 92.3 Å². The van der Waals surface area contributed by atoms with E-state index in [-0.39, 0.29) is 18.1 Å². The van der Waals surface area contributed by atoms with Crippen LogP contribution in [0.5, 0.6) is 5.75 Å². The van der Waals surface area contributed by atoms with Crippen molar-refractivity contribution in [1.29, 1.82) is 0 Å². The highest BCUT2D eigenvalue weighted by Crippen LogP contribution is 2.60. The number of rotatable bonds is 10. The van der Waals surface area contributed by atoms with Crippen LogP contribution in [0.3, 0.4) is 0 Å². The van der Waals surface area contributed by atoms with Crippen molar-refractivity contribution in [3.63, 3.8) is 0 Å². The number of pyridine rings is 1. The van der Waals surface area contributed by atoms with Crippen molar-refractivity contribution < 1.29 is 28.7 Å². The summed E-state index contributed by atoms with van der Waals surface area (Å²) in [6.45, 7) is 9.27. The normalized spacial score (nSPS) is 32.2. The van der Waals surface area contributed by atoms with Crippen LogP contribution < -0.4 is 15.4 Å². The van der Waals surface area contributed by atoms with Gasteiger partial charge in [-0.2, -0.15) is 0 Å². The third-order valence-corrected chi connectivity index (χ3v) is 11.6. The van der Waals surface area contributed by atoms with Crippen molar-refractivity contribution in [3.8, 4) is 5.75 Å². The second kappa shape index (κ2) is 13.3. The molecule has 1 aromatic heterocycles. The minimum atomic E-state index is -0.784. The molecule has 0 radical (unpaired) electrons. The standard InChI is InChI=1S/C39H46ClN3O6/c1-23-5-13-32-24(2)36(46-37-39(32)31(23)15-16-38(3,47-37)48-49-39)45-22-26-8-6-25(7-9-26)21-41-17-18-42-35-29-12-10-27(40)19-34(29)43-33-14-11-28(44-4)20-30(33)35/h6-12,14,19-20,23-24,31-32,36-37,41H,5,13,15-18,21-22H2,1-4H3,(H,42,43)/t23-,24-,31+,32+,36+,37-,38-,39-/m1/s1. The predicted molar refractivity (Wildman–Crippen MR) is 189 cm³/mol. The number of methoxy groups -OCH3 is 1. The molecule has 3 aromatic carbocycles. The summed E-state index contributed by atoms with van der Waals surface area (Å²) >= 11 is 6.29. The minimum absolute atomic E-state index is 0.154. The van der Waals surface area contributed by atoms with Crippen molar-refractivity contribution in [2.24, 2.45) is 23.7 Å². The molecular weight excluding hydrogens is 642 g/mol. The summed E-state index contributed by atoms with van der Waals surface area (Å²) in [5, 5.41) is 9.92. The molecule has 1 aliphatic carbocycles. The maximum absolute atomic E-state index is 6.59. The lowest BCUT2D eigenvalue weighted by Crippen LogP contribution is -2.70. The van der Waals surface area contributed by atoms with Gasteiger partial charge in [0.25, 0.3) is 0 Å². The summed E-state index contributed by atoms with van der Waals surface area (Å²) in [6.07, 6.45) is 3.19. The van der Waals surface area contributed by atoms with Gasteiger partial charge in [0, 0.05) is 53.7 Å². The zero-order valence-corrected chi connectivity index (χ0v) is 29.4. The monoisotopic (exact) mass is 687 g/mol. The first-order chi connectivity index (χ1) is 23.8. The van der Waals surface area contributed by atoms with Crippen LogP contribution >= 0.6 is 11.6 Å². The second-order valence-corrected chi connectivity index (χ2v) is 15.0. The lowest BCUT2D eigenvalue weighted by Gasteiger charge is -2.60. The minimum Gasteiger partial charge on any atom is -0.497 e. The first kappa shape index (κ1) is 33.1. The summed E-state index contributed by atoms with van der Waals surface area (Å²) in [4.78, 5) is 17.0. The van der Waals surface area contributed by atoms with Gasteiger partial charge in [0.15, 0.2) is 18.2 Å². The van der Waals surface area contributed by atoms with Crippen molar-refractivity contribution in [1.82, 2.24) is 10.3 Å². The number of ether oxygens (including phenoxy) is 4. The van der Waals surface area contributed by atoms with Gasteiger partial charge in [-0.15, -0.1) is 0 Å². The number of fused-ring (bicyclic) bond motifs is 4. The zero-order valence-electron chi connectivity index (χ0n) is 28.7. The molecule has 10 heteroatoms. The second-order valence-electron chi connectivity index (χ2n) is 14.5. The number of halogens is 1. The molecule has 9 rings (SSSR count). The average Bonchev–Trinajstić information content (AvgIpc) is 3.34. The van der Waals surface area contributed by atoms with E-state index in [9.17, 15) is 0 Å². The van der Waals surface area contributed by atoms with Gasteiger partial charge in [-0.05, 0) is 85.5 Å². The number of anilines is 1. The summed E-state index contributed by atoms with van der Waals surface area (Å²) in [5.41, 5.74) is 4.53. The molecule has 4 saturated heterocycles. The Morgan fingerprint density at radius 2 is 1.73 bits per heavy atom. The molecule has 4 aromatic rings. The summed E-state index contributed by atoms with van der Waals surface area (Å²) in [6, 6.07) is 20.4. The first-order valence-electron chi connectivity index (χ1n) is 17.7. The Bertz CT molecular complexity index is 1820. The maximum Gasteiger partial charge on any atom is 0.201 e. The molecule has 49 heavy (non-hydrogen) atoms. The Morgan fingerprint density at radius 3 is 2.57 bits per heavy atom. The smallest absolute Gasteiger partial charge is 0.201 e. The van der Waals surface area contributed by atoms with E-state index in [0.29, 0.717) is 23.5 Å². The Hall–Kier alpha value is -3.02. The number of nitrogens with zero attached hydrogens (tertiary/aromatic N) is 1. The molecule has 8 atom stereocenters. The van der Waals surface area contributed by atoms with Crippen LogP contribution in [0.25, 0.3) is 21.8 Å². The molecule has 0 unspecified atom stereocenters. The van der Waals surface area contributed by atoms with Gasteiger partial charge in [0.2, 0.25) is 5.79 Å². The average molecular weight is 688 g/mol. The van der Waals surface area contributed by atoms with Gasteiger partial charge in [-0.3, -0.25) is 0 Å². The Kier molecular flexibility index (Phi) is 8.97. The molecule has 260 valence electrons. The first-order valence-corrected chi connectivity index (χ1v) is 18.1.